The molecule has 0 amide bonds. The fourth-order valence-corrected chi connectivity index (χ4v) is 4.37. The molecule has 3 aromatic rings. The maximum atomic E-state index is 13.3. The summed E-state index contributed by atoms with van der Waals surface area (Å²) in [5.74, 6) is -0.457. The summed E-state index contributed by atoms with van der Waals surface area (Å²) in [4.78, 5) is 35.4. The topological polar surface area (TPSA) is 73.6 Å². The Hall–Kier alpha value is -3.32. The second kappa shape index (κ2) is 7.97. The number of benzene rings is 1. The molecular weight excluding hydrogens is 386 g/mol. The van der Waals surface area contributed by atoms with Gasteiger partial charge in [0.25, 0.3) is 5.56 Å². The molecule has 29 heavy (non-hydrogen) atoms. The highest BCUT2D eigenvalue weighted by Crippen LogP contribution is 2.30. The molecule has 0 saturated heterocycles. The van der Waals surface area contributed by atoms with Crippen molar-refractivity contribution in [2.45, 2.75) is 19.9 Å². The maximum absolute atomic E-state index is 13.3. The van der Waals surface area contributed by atoms with E-state index in [1.54, 1.807) is 30.7 Å². The number of carbonyl (C=O) groups is 1. The number of carbonyl (C=O) groups excluding carboxylic acids is 1. The highest BCUT2D eigenvalue weighted by Gasteiger charge is 2.33. The van der Waals surface area contributed by atoms with Crippen LogP contribution in [0, 0.1) is 0 Å². The number of nitrogens with zero attached hydrogens (tertiary/aromatic N) is 3. The summed E-state index contributed by atoms with van der Waals surface area (Å²) in [6.45, 7) is 3.78. The van der Waals surface area contributed by atoms with Gasteiger partial charge in [0.2, 0.25) is 0 Å². The zero-order valence-corrected chi connectivity index (χ0v) is 16.8. The quantitative estimate of drug-likeness (QED) is 0.624. The molecule has 7 heteroatoms. The predicted octanol–water partition coefficient (Wildman–Crippen LogP) is 2.19. The van der Waals surface area contributed by atoms with Gasteiger partial charge in [-0.05, 0) is 37.6 Å². The number of rotatable bonds is 4. The van der Waals surface area contributed by atoms with Crippen LogP contribution in [0.3, 0.4) is 0 Å². The van der Waals surface area contributed by atoms with Crippen molar-refractivity contribution < 1.29 is 9.53 Å². The Kier molecular flexibility index (Phi) is 5.22. The fraction of sp³-hybridized carbons (Fsp3) is 0.182. The molecule has 1 aromatic carbocycles. The van der Waals surface area contributed by atoms with Crippen LogP contribution < -0.4 is 14.9 Å². The lowest BCUT2D eigenvalue weighted by Gasteiger charge is -2.24. The second-order valence-corrected chi connectivity index (χ2v) is 7.48. The van der Waals surface area contributed by atoms with Gasteiger partial charge in [-0.2, -0.15) is 0 Å². The summed E-state index contributed by atoms with van der Waals surface area (Å²) in [6, 6.07) is 14.4. The van der Waals surface area contributed by atoms with E-state index in [1.165, 1.54) is 11.3 Å². The third kappa shape index (κ3) is 3.56. The minimum Gasteiger partial charge on any atom is -0.463 e. The number of ether oxygens (including phenoxy) is 1. The number of aromatic nitrogens is 2. The molecule has 6 nitrogen and oxygen atoms in total. The highest BCUT2D eigenvalue weighted by atomic mass is 32.1. The van der Waals surface area contributed by atoms with Gasteiger partial charge in [0.1, 0.15) is 0 Å². The summed E-state index contributed by atoms with van der Waals surface area (Å²) in [7, 11) is 0. The molecule has 1 unspecified atom stereocenters. The Morgan fingerprint density at radius 3 is 2.66 bits per heavy atom. The fourth-order valence-electron chi connectivity index (χ4n) is 3.34. The molecular formula is C22H19N3O3S. The molecule has 0 aliphatic carbocycles. The molecule has 1 aliphatic heterocycles. The highest BCUT2D eigenvalue weighted by molar-refractivity contribution is 7.07. The standard InChI is InChI=1S/C22H19N3O3S/c1-3-28-21(27)18-14(2)24-22-25(19(18)15-9-5-4-6-10-15)20(26)17(29-22)13-16-11-7-8-12-23-16/h4-13,19H,3H2,1-2H3. The molecule has 0 N–H and O–H groups in total. The van der Waals surface area contributed by atoms with Crippen LogP contribution in [0.2, 0.25) is 0 Å². The molecule has 3 heterocycles. The molecule has 2 aromatic heterocycles. The summed E-state index contributed by atoms with van der Waals surface area (Å²) in [5, 5.41) is 0. The molecule has 0 fully saturated rings. The average Bonchev–Trinajstić information content (AvgIpc) is 3.03. The minimum absolute atomic E-state index is 0.206. The Morgan fingerprint density at radius 2 is 1.97 bits per heavy atom. The van der Waals surface area contributed by atoms with Gasteiger partial charge in [-0.1, -0.05) is 47.7 Å². The van der Waals surface area contributed by atoms with Crippen LogP contribution in [-0.2, 0) is 9.53 Å². The average molecular weight is 405 g/mol. The minimum atomic E-state index is -0.586. The molecule has 0 saturated carbocycles. The molecule has 0 radical (unpaired) electrons. The van der Waals surface area contributed by atoms with Crippen molar-refractivity contribution >= 4 is 23.4 Å². The third-order valence-electron chi connectivity index (χ3n) is 4.60. The largest absolute Gasteiger partial charge is 0.463 e. The van der Waals surface area contributed by atoms with Crippen LogP contribution in [0.5, 0.6) is 0 Å². The third-order valence-corrected chi connectivity index (χ3v) is 5.58. The van der Waals surface area contributed by atoms with Gasteiger partial charge in [-0.25, -0.2) is 9.79 Å². The van der Waals surface area contributed by atoms with Gasteiger partial charge >= 0.3 is 5.97 Å². The van der Waals surface area contributed by atoms with Crippen molar-refractivity contribution in [2.24, 2.45) is 4.99 Å². The first-order chi connectivity index (χ1) is 14.1. The van der Waals surface area contributed by atoms with Gasteiger partial charge in [0.15, 0.2) is 4.80 Å². The number of allylic oxidation sites excluding steroid dienone is 1. The first-order valence-corrected chi connectivity index (χ1v) is 10.1. The molecule has 0 bridgehead atoms. The van der Waals surface area contributed by atoms with Crippen LogP contribution in [0.15, 0.2) is 75.8 Å². The summed E-state index contributed by atoms with van der Waals surface area (Å²) >= 11 is 1.29. The van der Waals surface area contributed by atoms with Crippen molar-refractivity contribution in [1.29, 1.82) is 0 Å². The van der Waals surface area contributed by atoms with Gasteiger partial charge in [-0.3, -0.25) is 14.3 Å². The first-order valence-electron chi connectivity index (χ1n) is 9.25. The van der Waals surface area contributed by atoms with E-state index in [0.717, 1.165) is 5.56 Å². The van der Waals surface area contributed by atoms with E-state index in [4.69, 9.17) is 4.74 Å². The summed E-state index contributed by atoms with van der Waals surface area (Å²) in [6.07, 6.45) is 3.42. The van der Waals surface area contributed by atoms with Crippen molar-refractivity contribution in [1.82, 2.24) is 9.55 Å². The molecule has 4 rings (SSSR count). The lowest BCUT2D eigenvalue weighted by Crippen LogP contribution is -2.39. The second-order valence-electron chi connectivity index (χ2n) is 6.47. The number of hydrogen-bond acceptors (Lipinski definition) is 6. The van der Waals surface area contributed by atoms with Crippen LogP contribution in [0.25, 0.3) is 6.08 Å². The number of pyridine rings is 1. The van der Waals surface area contributed by atoms with Crippen LogP contribution in [0.4, 0.5) is 0 Å². The van der Waals surface area contributed by atoms with Gasteiger partial charge < -0.3 is 4.74 Å². The van der Waals surface area contributed by atoms with Gasteiger partial charge in [0.05, 0.1) is 34.1 Å². The normalized spacial score (nSPS) is 16.3. The monoisotopic (exact) mass is 405 g/mol. The number of fused-ring (bicyclic) bond motifs is 1. The summed E-state index contributed by atoms with van der Waals surface area (Å²) < 4.78 is 7.37. The zero-order chi connectivity index (χ0) is 20.4. The Labute approximate surface area is 171 Å². The van der Waals surface area contributed by atoms with Crippen molar-refractivity contribution in [3.8, 4) is 0 Å². The van der Waals surface area contributed by atoms with E-state index in [9.17, 15) is 9.59 Å². The lowest BCUT2D eigenvalue weighted by molar-refractivity contribution is -0.139. The van der Waals surface area contributed by atoms with E-state index in [0.29, 0.717) is 26.3 Å². The number of esters is 1. The Balaban J connectivity index is 1.96. The van der Waals surface area contributed by atoms with E-state index < -0.39 is 12.0 Å². The Morgan fingerprint density at radius 1 is 1.21 bits per heavy atom. The number of hydrogen-bond donors (Lipinski definition) is 0. The molecule has 1 atom stereocenters. The molecule has 1 aliphatic rings. The van der Waals surface area contributed by atoms with Crippen molar-refractivity contribution in [3.63, 3.8) is 0 Å². The smallest absolute Gasteiger partial charge is 0.338 e. The zero-order valence-electron chi connectivity index (χ0n) is 16.0. The van der Waals surface area contributed by atoms with Crippen LogP contribution in [0.1, 0.15) is 31.1 Å². The first kappa shape index (κ1) is 19.0. The Bertz CT molecular complexity index is 1260. The summed E-state index contributed by atoms with van der Waals surface area (Å²) in [5.41, 5.74) is 2.26. The van der Waals surface area contributed by atoms with E-state index in [-0.39, 0.29) is 12.2 Å². The van der Waals surface area contributed by atoms with Crippen LogP contribution >= 0.6 is 11.3 Å². The SMILES string of the molecule is CCOC(=O)C1=C(C)N=c2sc(=Cc3ccccn3)c(=O)n2C1c1ccccc1. The molecule has 0 spiro atoms. The van der Waals surface area contributed by atoms with E-state index in [2.05, 4.69) is 9.98 Å². The lowest BCUT2D eigenvalue weighted by atomic mass is 9.96. The van der Waals surface area contributed by atoms with Crippen LogP contribution in [-0.4, -0.2) is 22.1 Å². The van der Waals surface area contributed by atoms with Crippen molar-refractivity contribution in [3.05, 3.63) is 96.9 Å². The van der Waals surface area contributed by atoms with Crippen molar-refractivity contribution in [2.75, 3.05) is 6.61 Å². The van der Waals surface area contributed by atoms with E-state index >= 15 is 0 Å². The predicted molar refractivity (Wildman–Crippen MR) is 111 cm³/mol. The molecule has 146 valence electrons. The maximum Gasteiger partial charge on any atom is 0.338 e. The number of thiazole rings is 1. The van der Waals surface area contributed by atoms with E-state index in [1.807, 2.05) is 48.5 Å². The van der Waals surface area contributed by atoms with Gasteiger partial charge in [0, 0.05) is 6.20 Å². The van der Waals surface area contributed by atoms with Gasteiger partial charge in [-0.15, -0.1) is 0 Å².